The first kappa shape index (κ1) is 19.0. The molecule has 2 aromatic rings. The molecule has 8 nitrogen and oxygen atoms in total. The van der Waals surface area contributed by atoms with Crippen LogP contribution in [0.1, 0.15) is 5.56 Å². The molecule has 2 aliphatic rings. The second-order valence-corrected chi connectivity index (χ2v) is 7.11. The molecule has 150 valence electrons. The lowest BCUT2D eigenvalue weighted by molar-refractivity contribution is 0.0398. The minimum Gasteiger partial charge on any atom is -0.379 e. The van der Waals surface area contributed by atoms with E-state index < -0.39 is 0 Å². The summed E-state index contributed by atoms with van der Waals surface area (Å²) in [5, 5.41) is 3.46. The van der Waals surface area contributed by atoms with E-state index in [-0.39, 0.29) is 0 Å². The number of ether oxygens (including phenoxy) is 2. The number of morpholine rings is 2. The molecule has 0 saturated carbocycles. The predicted octanol–water partition coefficient (Wildman–Crippen LogP) is 1.43. The average Bonchev–Trinajstić information content (AvgIpc) is 2.77. The van der Waals surface area contributed by atoms with Gasteiger partial charge in [-0.25, -0.2) is 15.0 Å². The van der Waals surface area contributed by atoms with E-state index in [1.165, 1.54) is 0 Å². The van der Waals surface area contributed by atoms with Crippen LogP contribution in [0.4, 0.5) is 11.6 Å². The Morgan fingerprint density at radius 1 is 0.964 bits per heavy atom. The summed E-state index contributed by atoms with van der Waals surface area (Å²) >= 11 is 0. The van der Waals surface area contributed by atoms with Crippen molar-refractivity contribution in [3.05, 3.63) is 30.1 Å². The number of aryl methyl sites for hydroxylation is 1. The Labute approximate surface area is 165 Å². The monoisotopic (exact) mass is 384 g/mol. The van der Waals surface area contributed by atoms with Crippen LogP contribution < -0.4 is 10.2 Å². The maximum atomic E-state index is 5.40. The highest BCUT2D eigenvalue weighted by atomic mass is 16.5. The first-order chi connectivity index (χ1) is 13.8. The average molecular weight is 384 g/mol. The molecule has 0 aliphatic carbocycles. The van der Waals surface area contributed by atoms with Gasteiger partial charge in [0.1, 0.15) is 11.6 Å². The maximum absolute atomic E-state index is 5.40. The Morgan fingerprint density at radius 3 is 2.43 bits per heavy atom. The van der Waals surface area contributed by atoms with E-state index >= 15 is 0 Å². The van der Waals surface area contributed by atoms with E-state index in [9.17, 15) is 0 Å². The molecule has 0 radical (unpaired) electrons. The highest BCUT2D eigenvalue weighted by Gasteiger charge is 2.14. The van der Waals surface area contributed by atoms with Gasteiger partial charge in [0.05, 0.1) is 26.4 Å². The van der Waals surface area contributed by atoms with Crippen molar-refractivity contribution in [2.45, 2.75) is 6.92 Å². The highest BCUT2D eigenvalue weighted by Crippen LogP contribution is 2.21. The third-order valence-corrected chi connectivity index (χ3v) is 5.14. The molecule has 0 amide bonds. The number of hydrogen-bond acceptors (Lipinski definition) is 8. The number of rotatable bonds is 6. The Hall–Kier alpha value is -2.29. The Balaban J connectivity index is 1.39. The van der Waals surface area contributed by atoms with E-state index in [1.54, 1.807) is 0 Å². The fourth-order valence-corrected chi connectivity index (χ4v) is 3.42. The van der Waals surface area contributed by atoms with Gasteiger partial charge in [0.2, 0.25) is 0 Å². The molecule has 0 bridgehead atoms. The lowest BCUT2D eigenvalue weighted by Crippen LogP contribution is -2.39. The molecular weight excluding hydrogens is 356 g/mol. The summed E-state index contributed by atoms with van der Waals surface area (Å²) in [5.74, 6) is 2.55. The summed E-state index contributed by atoms with van der Waals surface area (Å²) in [6, 6.07) is 4.08. The topological polar surface area (TPSA) is 75.6 Å². The van der Waals surface area contributed by atoms with Crippen LogP contribution in [-0.2, 0) is 9.47 Å². The predicted molar refractivity (Wildman–Crippen MR) is 109 cm³/mol. The fourth-order valence-electron chi connectivity index (χ4n) is 3.42. The molecular formula is C20H28N6O2. The highest BCUT2D eigenvalue weighted by molar-refractivity contribution is 5.59. The van der Waals surface area contributed by atoms with E-state index in [4.69, 9.17) is 14.5 Å². The van der Waals surface area contributed by atoms with Crippen LogP contribution in [0.25, 0.3) is 11.4 Å². The number of aromatic nitrogens is 3. The smallest absolute Gasteiger partial charge is 0.163 e. The standard InChI is InChI=1S/C20H28N6O2/c1-16-14-23-20(24-19(16)21-4-5-25-6-10-27-11-7-25)17-2-3-18(22-15-17)26-8-12-28-13-9-26/h2-3,14-15H,4-13H2,1H3,(H,21,23,24). The van der Waals surface area contributed by atoms with Gasteiger partial charge in [-0.1, -0.05) is 0 Å². The molecule has 0 unspecified atom stereocenters. The third kappa shape index (κ3) is 4.76. The van der Waals surface area contributed by atoms with Gasteiger partial charge in [0.15, 0.2) is 5.82 Å². The van der Waals surface area contributed by atoms with Gasteiger partial charge in [0.25, 0.3) is 0 Å². The molecule has 8 heteroatoms. The summed E-state index contributed by atoms with van der Waals surface area (Å²) in [6.45, 7) is 10.8. The Morgan fingerprint density at radius 2 is 1.71 bits per heavy atom. The van der Waals surface area contributed by atoms with Gasteiger partial charge < -0.3 is 19.7 Å². The summed E-state index contributed by atoms with van der Waals surface area (Å²) in [6.07, 6.45) is 3.72. The Bertz CT molecular complexity index is 758. The SMILES string of the molecule is Cc1cnc(-c2ccc(N3CCOCC3)nc2)nc1NCCN1CCOCC1. The zero-order valence-electron chi connectivity index (χ0n) is 16.4. The number of hydrogen-bond donors (Lipinski definition) is 1. The number of nitrogens with one attached hydrogen (secondary N) is 1. The van der Waals surface area contributed by atoms with E-state index in [0.717, 1.165) is 88.5 Å². The second-order valence-electron chi connectivity index (χ2n) is 7.11. The summed E-state index contributed by atoms with van der Waals surface area (Å²) in [5.41, 5.74) is 1.97. The van der Waals surface area contributed by atoms with Crippen LogP contribution in [0.5, 0.6) is 0 Å². The quantitative estimate of drug-likeness (QED) is 0.802. The molecule has 2 saturated heterocycles. The van der Waals surface area contributed by atoms with Crippen LogP contribution >= 0.6 is 0 Å². The molecule has 0 spiro atoms. The van der Waals surface area contributed by atoms with Crippen molar-refractivity contribution in [1.29, 1.82) is 0 Å². The number of pyridine rings is 1. The van der Waals surface area contributed by atoms with Crippen molar-refractivity contribution in [3.63, 3.8) is 0 Å². The first-order valence-corrected chi connectivity index (χ1v) is 9.96. The molecule has 2 aliphatic heterocycles. The molecule has 28 heavy (non-hydrogen) atoms. The second kappa shape index (κ2) is 9.27. The fraction of sp³-hybridized carbons (Fsp3) is 0.550. The molecule has 0 atom stereocenters. The van der Waals surface area contributed by atoms with Gasteiger partial charge in [-0.3, -0.25) is 4.90 Å². The molecule has 4 heterocycles. The lowest BCUT2D eigenvalue weighted by atomic mass is 10.2. The van der Waals surface area contributed by atoms with Crippen molar-refractivity contribution in [2.24, 2.45) is 0 Å². The van der Waals surface area contributed by atoms with Gasteiger partial charge in [0, 0.05) is 62.8 Å². The normalized spacial score (nSPS) is 18.2. The van der Waals surface area contributed by atoms with E-state index in [2.05, 4.69) is 25.1 Å². The maximum Gasteiger partial charge on any atom is 0.163 e. The largest absolute Gasteiger partial charge is 0.379 e. The van der Waals surface area contributed by atoms with E-state index in [1.807, 2.05) is 31.5 Å². The van der Waals surface area contributed by atoms with Crippen molar-refractivity contribution in [3.8, 4) is 11.4 Å². The van der Waals surface area contributed by atoms with Crippen LogP contribution in [0.3, 0.4) is 0 Å². The minimum absolute atomic E-state index is 0.695. The van der Waals surface area contributed by atoms with Crippen molar-refractivity contribution >= 4 is 11.6 Å². The Kier molecular flexibility index (Phi) is 6.31. The van der Waals surface area contributed by atoms with Crippen LogP contribution in [-0.4, -0.2) is 85.5 Å². The van der Waals surface area contributed by atoms with Crippen molar-refractivity contribution in [1.82, 2.24) is 19.9 Å². The zero-order chi connectivity index (χ0) is 19.2. The van der Waals surface area contributed by atoms with E-state index in [0.29, 0.717) is 5.82 Å². The van der Waals surface area contributed by atoms with Gasteiger partial charge in [-0.15, -0.1) is 0 Å². The minimum atomic E-state index is 0.695. The van der Waals surface area contributed by atoms with Crippen LogP contribution in [0, 0.1) is 6.92 Å². The van der Waals surface area contributed by atoms with Gasteiger partial charge in [-0.05, 0) is 19.1 Å². The molecule has 4 rings (SSSR count). The van der Waals surface area contributed by atoms with Gasteiger partial charge >= 0.3 is 0 Å². The summed E-state index contributed by atoms with van der Waals surface area (Å²) in [7, 11) is 0. The van der Waals surface area contributed by atoms with Crippen molar-refractivity contribution in [2.75, 3.05) is 75.9 Å². The first-order valence-electron chi connectivity index (χ1n) is 9.96. The third-order valence-electron chi connectivity index (χ3n) is 5.14. The van der Waals surface area contributed by atoms with Crippen LogP contribution in [0.15, 0.2) is 24.5 Å². The number of anilines is 2. The van der Waals surface area contributed by atoms with Crippen molar-refractivity contribution < 1.29 is 9.47 Å². The zero-order valence-corrected chi connectivity index (χ0v) is 16.4. The molecule has 1 N–H and O–H groups in total. The molecule has 2 aromatic heterocycles. The summed E-state index contributed by atoms with van der Waals surface area (Å²) in [4.78, 5) is 18.5. The lowest BCUT2D eigenvalue weighted by Gasteiger charge is -2.27. The molecule has 2 fully saturated rings. The molecule has 0 aromatic carbocycles. The number of nitrogens with zero attached hydrogens (tertiary/aromatic N) is 5. The van der Waals surface area contributed by atoms with Crippen LogP contribution in [0.2, 0.25) is 0 Å². The summed E-state index contributed by atoms with van der Waals surface area (Å²) < 4.78 is 10.8. The van der Waals surface area contributed by atoms with Gasteiger partial charge in [-0.2, -0.15) is 0 Å².